The molecule has 1 aromatic heterocycles. The number of benzene rings is 1. The van der Waals surface area contributed by atoms with Gasteiger partial charge in [0.25, 0.3) is 0 Å². The molecule has 2 rings (SSSR count). The molecular formula is C18H25N3O2S2. The van der Waals surface area contributed by atoms with Crippen LogP contribution in [0, 0.1) is 6.92 Å². The second-order valence-electron chi connectivity index (χ2n) is 5.56. The summed E-state index contributed by atoms with van der Waals surface area (Å²) in [6.07, 6.45) is 1.42. The lowest BCUT2D eigenvalue weighted by atomic mass is 10.2. The average Bonchev–Trinajstić information content (AvgIpc) is 2.61. The standard InChI is InChI=1S/C18H25N3O2S2/c1-4-21(5-2)25(22,23)17-10-11-18(20-14-17)19-12-13-24-16-8-6-15(3)7-9-16/h6-11,14H,4-5,12-13H2,1-3H3,(H,19,20). The summed E-state index contributed by atoms with van der Waals surface area (Å²) in [5.74, 6) is 1.59. The van der Waals surface area contributed by atoms with Gasteiger partial charge in [-0.2, -0.15) is 4.31 Å². The van der Waals surface area contributed by atoms with Crippen LogP contribution in [0.1, 0.15) is 19.4 Å². The predicted octanol–water partition coefficient (Wildman–Crippen LogP) is 3.62. The van der Waals surface area contributed by atoms with Crippen LogP contribution in [0.25, 0.3) is 0 Å². The van der Waals surface area contributed by atoms with Crippen LogP contribution in [0.4, 0.5) is 5.82 Å². The van der Waals surface area contributed by atoms with Crippen LogP contribution in [0.5, 0.6) is 0 Å². The van der Waals surface area contributed by atoms with Gasteiger partial charge in [-0.1, -0.05) is 31.5 Å². The summed E-state index contributed by atoms with van der Waals surface area (Å²) in [5.41, 5.74) is 1.26. The molecule has 0 atom stereocenters. The van der Waals surface area contributed by atoms with Gasteiger partial charge < -0.3 is 5.32 Å². The second kappa shape index (κ2) is 9.22. The Hall–Kier alpha value is -1.57. The van der Waals surface area contributed by atoms with Crippen molar-refractivity contribution in [3.63, 3.8) is 0 Å². The first-order valence-electron chi connectivity index (χ1n) is 8.37. The number of hydrogen-bond donors (Lipinski definition) is 1. The molecule has 1 N–H and O–H groups in total. The molecule has 0 aliphatic carbocycles. The minimum atomic E-state index is -3.44. The summed E-state index contributed by atoms with van der Waals surface area (Å²) < 4.78 is 26.2. The van der Waals surface area contributed by atoms with Crippen LogP contribution in [-0.4, -0.2) is 43.1 Å². The van der Waals surface area contributed by atoms with Crippen molar-refractivity contribution in [2.24, 2.45) is 0 Å². The topological polar surface area (TPSA) is 62.3 Å². The van der Waals surface area contributed by atoms with Crippen molar-refractivity contribution in [2.75, 3.05) is 30.7 Å². The molecule has 0 aliphatic heterocycles. The monoisotopic (exact) mass is 379 g/mol. The Balaban J connectivity index is 1.87. The van der Waals surface area contributed by atoms with E-state index in [1.165, 1.54) is 21.0 Å². The first-order valence-corrected chi connectivity index (χ1v) is 10.8. The third-order valence-corrected chi connectivity index (χ3v) is 6.82. The van der Waals surface area contributed by atoms with Gasteiger partial charge in [-0.25, -0.2) is 13.4 Å². The molecule has 0 spiro atoms. The number of aromatic nitrogens is 1. The second-order valence-corrected chi connectivity index (χ2v) is 8.66. The highest BCUT2D eigenvalue weighted by Crippen LogP contribution is 2.19. The number of sulfonamides is 1. The fourth-order valence-corrected chi connectivity index (χ4v) is 4.50. The summed E-state index contributed by atoms with van der Waals surface area (Å²) >= 11 is 1.77. The fourth-order valence-electron chi connectivity index (χ4n) is 2.33. The Morgan fingerprint density at radius 3 is 2.32 bits per heavy atom. The van der Waals surface area contributed by atoms with E-state index in [9.17, 15) is 8.42 Å². The highest BCUT2D eigenvalue weighted by molar-refractivity contribution is 7.99. The third-order valence-electron chi connectivity index (χ3n) is 3.78. The van der Waals surface area contributed by atoms with Crippen molar-refractivity contribution < 1.29 is 8.42 Å². The van der Waals surface area contributed by atoms with Crippen LogP contribution < -0.4 is 5.32 Å². The Labute approximate surface area is 154 Å². The first-order chi connectivity index (χ1) is 12.0. The summed E-state index contributed by atoms with van der Waals surface area (Å²) in [7, 11) is -3.44. The molecule has 0 saturated heterocycles. The minimum Gasteiger partial charge on any atom is -0.369 e. The number of anilines is 1. The fraction of sp³-hybridized carbons (Fsp3) is 0.389. The van der Waals surface area contributed by atoms with Crippen molar-refractivity contribution in [3.05, 3.63) is 48.2 Å². The summed E-state index contributed by atoms with van der Waals surface area (Å²) in [4.78, 5) is 5.70. The van der Waals surface area contributed by atoms with Gasteiger partial charge in [0, 0.05) is 36.5 Å². The van der Waals surface area contributed by atoms with Gasteiger partial charge in [-0.3, -0.25) is 0 Å². The van der Waals surface area contributed by atoms with Crippen LogP contribution in [-0.2, 0) is 10.0 Å². The number of hydrogen-bond acceptors (Lipinski definition) is 5. The summed E-state index contributed by atoms with van der Waals surface area (Å²) in [6.45, 7) is 7.40. The molecular weight excluding hydrogens is 354 g/mol. The number of pyridine rings is 1. The molecule has 0 amide bonds. The van der Waals surface area contributed by atoms with E-state index < -0.39 is 10.0 Å². The lowest BCUT2D eigenvalue weighted by molar-refractivity contribution is 0.445. The lowest BCUT2D eigenvalue weighted by Crippen LogP contribution is -2.30. The SMILES string of the molecule is CCN(CC)S(=O)(=O)c1ccc(NCCSc2ccc(C)cc2)nc1. The molecule has 0 fully saturated rings. The molecule has 0 saturated carbocycles. The van der Waals surface area contributed by atoms with Gasteiger partial charge in [0.05, 0.1) is 0 Å². The zero-order valence-electron chi connectivity index (χ0n) is 14.9. The van der Waals surface area contributed by atoms with E-state index in [-0.39, 0.29) is 4.90 Å². The Morgan fingerprint density at radius 2 is 1.76 bits per heavy atom. The Bertz CT molecular complexity index is 756. The van der Waals surface area contributed by atoms with Gasteiger partial charge in [0.15, 0.2) is 0 Å². The van der Waals surface area contributed by atoms with Gasteiger partial charge >= 0.3 is 0 Å². The van der Waals surface area contributed by atoms with Crippen LogP contribution >= 0.6 is 11.8 Å². The smallest absolute Gasteiger partial charge is 0.244 e. The van der Waals surface area contributed by atoms with Crippen molar-refractivity contribution >= 4 is 27.6 Å². The third kappa shape index (κ3) is 5.45. The average molecular weight is 380 g/mol. The van der Waals surface area contributed by atoms with E-state index in [1.807, 2.05) is 13.8 Å². The van der Waals surface area contributed by atoms with Crippen molar-refractivity contribution in [1.29, 1.82) is 0 Å². The van der Waals surface area contributed by atoms with Crippen molar-refractivity contribution in [1.82, 2.24) is 9.29 Å². The van der Waals surface area contributed by atoms with E-state index in [2.05, 4.69) is 41.5 Å². The van der Waals surface area contributed by atoms with E-state index in [0.717, 1.165) is 12.3 Å². The molecule has 5 nitrogen and oxygen atoms in total. The predicted molar refractivity (Wildman–Crippen MR) is 105 cm³/mol. The maximum Gasteiger partial charge on any atom is 0.244 e. The van der Waals surface area contributed by atoms with Crippen LogP contribution in [0.15, 0.2) is 52.4 Å². The Kier molecular flexibility index (Phi) is 7.28. The molecule has 25 heavy (non-hydrogen) atoms. The van der Waals surface area contributed by atoms with Crippen LogP contribution in [0.3, 0.4) is 0 Å². The summed E-state index contributed by atoms with van der Waals surface area (Å²) in [6, 6.07) is 11.8. The van der Waals surface area contributed by atoms with Gasteiger partial charge in [-0.15, -0.1) is 11.8 Å². The zero-order valence-corrected chi connectivity index (χ0v) is 16.5. The van der Waals surface area contributed by atoms with Crippen molar-refractivity contribution in [2.45, 2.75) is 30.6 Å². The van der Waals surface area contributed by atoms with E-state index in [4.69, 9.17) is 0 Å². The maximum atomic E-state index is 12.4. The van der Waals surface area contributed by atoms with Crippen LogP contribution in [0.2, 0.25) is 0 Å². The van der Waals surface area contributed by atoms with E-state index in [0.29, 0.717) is 18.9 Å². The molecule has 7 heteroatoms. The highest BCUT2D eigenvalue weighted by Gasteiger charge is 2.21. The van der Waals surface area contributed by atoms with Crippen molar-refractivity contribution in [3.8, 4) is 0 Å². The molecule has 0 bridgehead atoms. The van der Waals surface area contributed by atoms with E-state index >= 15 is 0 Å². The number of nitrogens with zero attached hydrogens (tertiary/aromatic N) is 2. The molecule has 0 unspecified atom stereocenters. The number of aryl methyl sites for hydroxylation is 1. The van der Waals surface area contributed by atoms with Gasteiger partial charge in [0.2, 0.25) is 10.0 Å². The van der Waals surface area contributed by atoms with Gasteiger partial charge in [-0.05, 0) is 31.2 Å². The van der Waals surface area contributed by atoms with Gasteiger partial charge in [0.1, 0.15) is 10.7 Å². The number of thioether (sulfide) groups is 1. The zero-order chi connectivity index (χ0) is 18.3. The lowest BCUT2D eigenvalue weighted by Gasteiger charge is -2.18. The molecule has 1 aromatic carbocycles. The molecule has 1 heterocycles. The Morgan fingerprint density at radius 1 is 1.08 bits per heavy atom. The van der Waals surface area contributed by atoms with E-state index in [1.54, 1.807) is 23.9 Å². The largest absolute Gasteiger partial charge is 0.369 e. The first kappa shape index (κ1) is 19.8. The normalized spacial score (nSPS) is 11.7. The maximum absolute atomic E-state index is 12.4. The minimum absolute atomic E-state index is 0.232. The molecule has 0 radical (unpaired) electrons. The number of rotatable bonds is 9. The quantitative estimate of drug-likeness (QED) is 0.532. The summed E-state index contributed by atoms with van der Waals surface area (Å²) in [5, 5.41) is 3.22. The number of nitrogens with one attached hydrogen (secondary N) is 1. The highest BCUT2D eigenvalue weighted by atomic mass is 32.2. The molecule has 0 aliphatic rings. The molecule has 136 valence electrons. The molecule has 2 aromatic rings.